The van der Waals surface area contributed by atoms with Crippen molar-refractivity contribution < 1.29 is 23.8 Å². The maximum Gasteiger partial charge on any atom is 0.408 e. The second kappa shape index (κ2) is 14.4. The molecule has 2 rings (SSSR count). The zero-order valence-electron chi connectivity index (χ0n) is 22.1. The summed E-state index contributed by atoms with van der Waals surface area (Å²) in [4.78, 5) is 24.7. The van der Waals surface area contributed by atoms with E-state index in [4.69, 9.17) is 25.8 Å². The van der Waals surface area contributed by atoms with E-state index in [-0.39, 0.29) is 18.4 Å². The molecule has 0 aliphatic rings. The van der Waals surface area contributed by atoms with Crippen molar-refractivity contribution in [1.82, 2.24) is 5.32 Å². The van der Waals surface area contributed by atoms with Gasteiger partial charge in [-0.05, 0) is 75.4 Å². The summed E-state index contributed by atoms with van der Waals surface area (Å²) >= 11 is 8.06. The molecule has 2 aromatic carbocycles. The number of amides is 1. The third-order valence-electron chi connectivity index (χ3n) is 5.25. The Morgan fingerprint density at radius 3 is 2.56 bits per heavy atom. The molecule has 1 N–H and O–H groups in total. The second-order valence-corrected chi connectivity index (χ2v) is 11.1. The molecule has 0 bridgehead atoms. The Labute approximate surface area is 224 Å². The van der Waals surface area contributed by atoms with Crippen LogP contribution in [0.5, 0.6) is 5.75 Å². The summed E-state index contributed by atoms with van der Waals surface area (Å²) in [6.45, 7) is 10.2. The number of methoxy groups -OCH3 is 1. The van der Waals surface area contributed by atoms with Crippen LogP contribution in [-0.4, -0.2) is 37.1 Å². The average Bonchev–Trinajstić information content (AvgIpc) is 2.79. The Balaban J connectivity index is 1.94. The zero-order valence-corrected chi connectivity index (χ0v) is 23.7. The van der Waals surface area contributed by atoms with Crippen molar-refractivity contribution in [2.24, 2.45) is 0 Å². The zero-order chi connectivity index (χ0) is 26.7. The molecule has 0 saturated heterocycles. The number of hydrogen-bond donors (Lipinski definition) is 1. The molecule has 0 aliphatic carbocycles. The monoisotopic (exact) mass is 535 g/mol. The Hall–Kier alpha value is -2.38. The molecule has 0 fully saturated rings. The number of hydrogen-bond acceptors (Lipinski definition) is 6. The summed E-state index contributed by atoms with van der Waals surface area (Å²) < 4.78 is 16.3. The van der Waals surface area contributed by atoms with Crippen molar-refractivity contribution in [3.8, 4) is 5.75 Å². The van der Waals surface area contributed by atoms with Gasteiger partial charge in [0.1, 0.15) is 11.4 Å². The second-order valence-electron chi connectivity index (χ2n) is 9.51. The molecule has 0 radical (unpaired) electrons. The van der Waals surface area contributed by atoms with Gasteiger partial charge >= 0.3 is 12.1 Å². The first kappa shape index (κ1) is 29.8. The van der Waals surface area contributed by atoms with E-state index in [0.717, 1.165) is 52.4 Å². The van der Waals surface area contributed by atoms with Gasteiger partial charge in [-0.3, -0.25) is 4.79 Å². The first-order valence-electron chi connectivity index (χ1n) is 12.3. The van der Waals surface area contributed by atoms with Gasteiger partial charge in [0, 0.05) is 10.6 Å². The van der Waals surface area contributed by atoms with Crippen LogP contribution in [0.1, 0.15) is 70.2 Å². The third-order valence-corrected chi connectivity index (χ3v) is 6.83. The van der Waals surface area contributed by atoms with Crippen molar-refractivity contribution in [3.05, 3.63) is 58.1 Å². The number of carbonyl (C=O) groups is 2. The summed E-state index contributed by atoms with van der Waals surface area (Å²) in [6, 6.07) is 11.4. The van der Waals surface area contributed by atoms with Crippen molar-refractivity contribution in [3.63, 3.8) is 0 Å². The summed E-state index contributed by atoms with van der Waals surface area (Å²) in [6.07, 6.45) is 2.44. The predicted octanol–water partition coefficient (Wildman–Crippen LogP) is 7.15. The van der Waals surface area contributed by atoms with Crippen LogP contribution in [0.25, 0.3) is 0 Å². The van der Waals surface area contributed by atoms with Crippen LogP contribution in [0, 0.1) is 0 Å². The van der Waals surface area contributed by atoms with Crippen LogP contribution in [0.4, 0.5) is 4.79 Å². The maximum absolute atomic E-state index is 12.3. The normalized spacial score (nSPS) is 12.1. The molecule has 8 heteroatoms. The van der Waals surface area contributed by atoms with Gasteiger partial charge < -0.3 is 19.5 Å². The fraction of sp³-hybridized carbons (Fsp3) is 0.500. The van der Waals surface area contributed by atoms with Crippen LogP contribution < -0.4 is 10.1 Å². The molecule has 36 heavy (non-hydrogen) atoms. The number of nitrogens with one attached hydrogen (secondary N) is 1. The highest BCUT2D eigenvalue weighted by Gasteiger charge is 2.20. The van der Waals surface area contributed by atoms with E-state index in [2.05, 4.69) is 12.2 Å². The van der Waals surface area contributed by atoms with Gasteiger partial charge in [-0.1, -0.05) is 43.1 Å². The topological polar surface area (TPSA) is 73.9 Å². The molecule has 0 aliphatic heterocycles. The number of halogens is 1. The Kier molecular flexibility index (Phi) is 11.9. The Bertz CT molecular complexity index is 1020. The van der Waals surface area contributed by atoms with E-state index in [9.17, 15) is 9.59 Å². The number of benzene rings is 2. The van der Waals surface area contributed by atoms with Gasteiger partial charge in [-0.25, -0.2) is 4.79 Å². The highest BCUT2D eigenvalue weighted by atomic mass is 35.5. The minimum Gasteiger partial charge on any atom is -0.493 e. The number of alkyl carbamates (subject to hydrolysis) is 1. The van der Waals surface area contributed by atoms with E-state index in [1.54, 1.807) is 11.8 Å². The average molecular weight is 536 g/mol. The SMILES string of the molecule is CCCc1c(OCCCSc2ccc(CC(=O)OC)cc2Cl)cccc1C(C)NC(=O)OC(C)(C)C. The molecule has 0 heterocycles. The van der Waals surface area contributed by atoms with Crippen LogP contribution in [0.2, 0.25) is 5.02 Å². The number of ether oxygens (including phenoxy) is 3. The predicted molar refractivity (Wildman–Crippen MR) is 146 cm³/mol. The third kappa shape index (κ3) is 9.94. The quantitative estimate of drug-likeness (QED) is 0.177. The van der Waals surface area contributed by atoms with Crippen molar-refractivity contribution in [2.75, 3.05) is 19.5 Å². The first-order chi connectivity index (χ1) is 17.0. The lowest BCUT2D eigenvalue weighted by Crippen LogP contribution is -2.34. The fourth-order valence-electron chi connectivity index (χ4n) is 3.64. The molecule has 1 atom stereocenters. The van der Waals surface area contributed by atoms with E-state index in [1.807, 2.05) is 64.1 Å². The molecule has 2 aromatic rings. The largest absolute Gasteiger partial charge is 0.493 e. The Morgan fingerprint density at radius 1 is 1.17 bits per heavy atom. The van der Waals surface area contributed by atoms with E-state index >= 15 is 0 Å². The minimum atomic E-state index is -0.547. The number of thioether (sulfide) groups is 1. The molecule has 1 unspecified atom stereocenters. The van der Waals surface area contributed by atoms with Crippen LogP contribution in [-0.2, 0) is 27.1 Å². The Morgan fingerprint density at radius 2 is 1.92 bits per heavy atom. The lowest BCUT2D eigenvalue weighted by Gasteiger charge is -2.24. The molecular formula is C28H38ClNO5S. The molecule has 0 aromatic heterocycles. The van der Waals surface area contributed by atoms with Gasteiger partial charge in [0.25, 0.3) is 0 Å². The van der Waals surface area contributed by atoms with E-state index in [0.29, 0.717) is 11.6 Å². The lowest BCUT2D eigenvalue weighted by molar-refractivity contribution is -0.139. The van der Waals surface area contributed by atoms with Crippen LogP contribution >= 0.6 is 23.4 Å². The van der Waals surface area contributed by atoms with E-state index in [1.165, 1.54) is 7.11 Å². The molecule has 1 amide bonds. The first-order valence-corrected chi connectivity index (χ1v) is 13.6. The number of esters is 1. The number of carbonyl (C=O) groups excluding carboxylic acids is 2. The van der Waals surface area contributed by atoms with Crippen molar-refractivity contribution in [1.29, 1.82) is 0 Å². The summed E-state index contributed by atoms with van der Waals surface area (Å²) in [5.74, 6) is 1.41. The van der Waals surface area contributed by atoms with Gasteiger partial charge in [-0.2, -0.15) is 0 Å². The highest BCUT2D eigenvalue weighted by molar-refractivity contribution is 7.99. The molecule has 0 saturated carbocycles. The highest BCUT2D eigenvalue weighted by Crippen LogP contribution is 2.31. The van der Waals surface area contributed by atoms with Crippen molar-refractivity contribution >= 4 is 35.4 Å². The van der Waals surface area contributed by atoms with Gasteiger partial charge in [0.05, 0.1) is 31.2 Å². The summed E-state index contributed by atoms with van der Waals surface area (Å²) in [5, 5.41) is 3.57. The van der Waals surface area contributed by atoms with Gasteiger partial charge in [0.2, 0.25) is 0 Å². The van der Waals surface area contributed by atoms with Crippen LogP contribution in [0.3, 0.4) is 0 Å². The fourth-order valence-corrected chi connectivity index (χ4v) is 4.85. The molecule has 198 valence electrons. The van der Waals surface area contributed by atoms with Crippen molar-refractivity contribution in [2.45, 2.75) is 76.8 Å². The number of rotatable bonds is 12. The maximum atomic E-state index is 12.3. The van der Waals surface area contributed by atoms with Gasteiger partial charge in [-0.15, -0.1) is 11.8 Å². The standard InChI is InChI=1S/C28H38ClNO5S/c1-7-10-22-21(19(2)30-27(32)35-28(3,4)5)11-8-12-24(22)34-15-9-16-36-25-14-13-20(17-23(25)29)18-26(31)33-6/h8,11-14,17,19H,7,9-10,15-16,18H2,1-6H3,(H,30,32). The lowest BCUT2D eigenvalue weighted by atomic mass is 9.97. The molecular weight excluding hydrogens is 498 g/mol. The molecule has 0 spiro atoms. The van der Waals surface area contributed by atoms with E-state index < -0.39 is 11.7 Å². The minimum absolute atomic E-state index is 0.204. The van der Waals surface area contributed by atoms with Crippen LogP contribution in [0.15, 0.2) is 41.3 Å². The summed E-state index contributed by atoms with van der Waals surface area (Å²) in [5.41, 5.74) is 2.43. The van der Waals surface area contributed by atoms with Gasteiger partial charge in [0.15, 0.2) is 0 Å². The summed E-state index contributed by atoms with van der Waals surface area (Å²) in [7, 11) is 1.37. The smallest absolute Gasteiger partial charge is 0.408 e. The molecule has 6 nitrogen and oxygen atoms in total.